The van der Waals surface area contributed by atoms with Crippen molar-refractivity contribution >= 4 is 17.2 Å². The van der Waals surface area contributed by atoms with E-state index in [-0.39, 0.29) is 5.56 Å². The molecule has 2 heterocycles. The molecule has 0 radical (unpaired) electrons. The van der Waals surface area contributed by atoms with Crippen LogP contribution in [0.5, 0.6) is 0 Å². The van der Waals surface area contributed by atoms with Gasteiger partial charge in [-0.05, 0) is 49.1 Å². The average Bonchev–Trinajstić information content (AvgIpc) is 3.55. The van der Waals surface area contributed by atoms with Crippen molar-refractivity contribution in [1.82, 2.24) is 14.9 Å². The number of hydrogen-bond acceptors (Lipinski definition) is 4. The Labute approximate surface area is 196 Å². The number of carboxylic acid groups (broad SMARTS) is 1. The summed E-state index contributed by atoms with van der Waals surface area (Å²) in [6, 6.07) is 17.5. The molecule has 7 nitrogen and oxygen atoms in total. The van der Waals surface area contributed by atoms with Gasteiger partial charge >= 0.3 is 6.09 Å². The summed E-state index contributed by atoms with van der Waals surface area (Å²) in [5.41, 5.74) is 3.11. The fourth-order valence-electron chi connectivity index (χ4n) is 4.98. The lowest BCUT2D eigenvalue weighted by Crippen LogP contribution is -2.50. The summed E-state index contributed by atoms with van der Waals surface area (Å²) in [7, 11) is 0. The van der Waals surface area contributed by atoms with Gasteiger partial charge in [-0.1, -0.05) is 54.6 Å². The molecule has 4 aromatic rings. The minimum absolute atomic E-state index is 0.0820. The number of benzene rings is 2. The maximum absolute atomic E-state index is 13.5. The predicted molar refractivity (Wildman–Crippen MR) is 129 cm³/mol. The zero-order valence-corrected chi connectivity index (χ0v) is 18.7. The molecule has 6 rings (SSSR count). The van der Waals surface area contributed by atoms with Crippen LogP contribution in [0.4, 0.5) is 4.79 Å². The second kappa shape index (κ2) is 7.87. The number of nitrogens with zero attached hydrogens (tertiary/aromatic N) is 2. The Morgan fingerprint density at radius 3 is 2.44 bits per heavy atom. The van der Waals surface area contributed by atoms with Crippen molar-refractivity contribution < 1.29 is 14.3 Å². The van der Waals surface area contributed by atoms with Crippen molar-refractivity contribution in [1.29, 1.82) is 0 Å². The lowest BCUT2D eigenvalue weighted by atomic mass is 9.72. The smallest absolute Gasteiger partial charge is 0.405 e. The second-order valence-electron chi connectivity index (χ2n) is 9.44. The van der Waals surface area contributed by atoms with E-state index in [1.165, 1.54) is 0 Å². The highest BCUT2D eigenvalue weighted by Gasteiger charge is 2.40. The highest BCUT2D eigenvalue weighted by Crippen LogP contribution is 2.43. The van der Waals surface area contributed by atoms with E-state index in [2.05, 4.69) is 10.3 Å². The summed E-state index contributed by atoms with van der Waals surface area (Å²) in [6.07, 6.45) is 5.43. The Bertz CT molecular complexity index is 1430. The maximum atomic E-state index is 13.5. The van der Waals surface area contributed by atoms with E-state index >= 15 is 0 Å². The van der Waals surface area contributed by atoms with Crippen LogP contribution in [0, 0.1) is 5.92 Å². The van der Waals surface area contributed by atoms with Crippen molar-refractivity contribution in [2.45, 2.75) is 44.2 Å². The molecule has 2 fully saturated rings. The number of rotatable bonds is 6. The Morgan fingerprint density at radius 2 is 1.82 bits per heavy atom. The second-order valence-corrected chi connectivity index (χ2v) is 9.44. The summed E-state index contributed by atoms with van der Waals surface area (Å²) in [5.74, 6) is 1.14. The molecule has 34 heavy (non-hydrogen) atoms. The topological polar surface area (TPSA) is 97.4 Å². The fraction of sp³-hybridized carbons (Fsp3) is 0.296. The minimum atomic E-state index is -1.01. The highest BCUT2D eigenvalue weighted by molar-refractivity contribution is 5.99. The zero-order valence-electron chi connectivity index (χ0n) is 18.7. The largest absolute Gasteiger partial charge is 0.465 e. The molecule has 7 heteroatoms. The molecule has 0 saturated heterocycles. The molecule has 0 atom stereocenters. The van der Waals surface area contributed by atoms with Crippen LogP contribution in [0.3, 0.4) is 0 Å². The molecule has 0 spiro atoms. The van der Waals surface area contributed by atoms with E-state index in [1.54, 1.807) is 10.9 Å². The first-order valence-electron chi connectivity index (χ1n) is 11.7. The molecule has 2 aliphatic carbocycles. The van der Waals surface area contributed by atoms with Crippen LogP contribution in [0.25, 0.3) is 33.6 Å². The summed E-state index contributed by atoms with van der Waals surface area (Å²) < 4.78 is 7.89. The zero-order chi connectivity index (χ0) is 23.3. The van der Waals surface area contributed by atoms with E-state index in [0.717, 1.165) is 54.4 Å². The third-order valence-corrected chi connectivity index (χ3v) is 7.15. The molecule has 2 saturated carbocycles. The molecule has 1 amide bonds. The van der Waals surface area contributed by atoms with Gasteiger partial charge in [-0.3, -0.25) is 9.36 Å². The van der Waals surface area contributed by atoms with Gasteiger partial charge in [-0.25, -0.2) is 9.78 Å². The van der Waals surface area contributed by atoms with Crippen molar-refractivity contribution in [2.24, 2.45) is 5.92 Å². The van der Waals surface area contributed by atoms with Gasteiger partial charge in [-0.15, -0.1) is 0 Å². The van der Waals surface area contributed by atoms with Gasteiger partial charge in [0.25, 0.3) is 5.56 Å². The van der Waals surface area contributed by atoms with Crippen molar-refractivity contribution in [3.8, 4) is 22.5 Å². The van der Waals surface area contributed by atoms with Crippen LogP contribution in [-0.2, 0) is 12.1 Å². The number of amides is 1. The van der Waals surface area contributed by atoms with E-state index in [9.17, 15) is 14.7 Å². The minimum Gasteiger partial charge on any atom is -0.465 e. The van der Waals surface area contributed by atoms with E-state index < -0.39 is 11.6 Å². The number of furan rings is 1. The molecule has 0 unspecified atom stereocenters. The normalized spacial score (nSPS) is 16.8. The third-order valence-electron chi connectivity index (χ3n) is 7.15. The van der Waals surface area contributed by atoms with Crippen molar-refractivity contribution in [3.63, 3.8) is 0 Å². The van der Waals surface area contributed by atoms with Crippen LogP contribution < -0.4 is 10.9 Å². The summed E-state index contributed by atoms with van der Waals surface area (Å²) in [5, 5.41) is 12.5. The monoisotopic (exact) mass is 455 g/mol. The van der Waals surface area contributed by atoms with Crippen LogP contribution in [-0.4, -0.2) is 20.8 Å². The Hall–Kier alpha value is -3.87. The molecule has 2 aliphatic rings. The molecule has 2 aromatic carbocycles. The van der Waals surface area contributed by atoms with Crippen molar-refractivity contribution in [2.75, 3.05) is 0 Å². The first-order valence-corrected chi connectivity index (χ1v) is 11.7. The highest BCUT2D eigenvalue weighted by atomic mass is 16.4. The van der Waals surface area contributed by atoms with E-state index in [4.69, 9.17) is 4.42 Å². The lowest BCUT2D eigenvalue weighted by molar-refractivity contribution is 0.144. The van der Waals surface area contributed by atoms with Gasteiger partial charge < -0.3 is 14.8 Å². The molecular weight excluding hydrogens is 430 g/mol. The first-order chi connectivity index (χ1) is 16.5. The van der Waals surface area contributed by atoms with Gasteiger partial charge in [0.1, 0.15) is 17.5 Å². The lowest BCUT2D eigenvalue weighted by Gasteiger charge is -2.42. The van der Waals surface area contributed by atoms with Gasteiger partial charge in [-0.2, -0.15) is 0 Å². The van der Waals surface area contributed by atoms with Gasteiger partial charge in [0, 0.05) is 17.7 Å². The standard InChI is InChI=1S/C27H25N3O4/c31-25-22-21(18-5-2-1-3-6-18)23(34-24(22)28-16-30(25)15-17-7-8-17)19-9-11-20(12-10-19)27(13-4-14-27)29-26(32)33/h1-3,5-6,9-12,16-17,29H,4,7-8,13-15H2,(H,32,33). The molecule has 0 bridgehead atoms. The van der Waals surface area contributed by atoms with Crippen LogP contribution in [0.15, 0.2) is 70.1 Å². The fourth-order valence-corrected chi connectivity index (χ4v) is 4.98. The molecule has 0 aliphatic heterocycles. The number of carbonyl (C=O) groups is 1. The maximum Gasteiger partial charge on any atom is 0.405 e. The van der Waals surface area contributed by atoms with Crippen LogP contribution in [0.1, 0.15) is 37.7 Å². The Balaban J connectivity index is 1.48. The van der Waals surface area contributed by atoms with E-state index in [0.29, 0.717) is 29.3 Å². The quantitative estimate of drug-likeness (QED) is 0.407. The number of fused-ring (bicyclic) bond motifs is 1. The van der Waals surface area contributed by atoms with Gasteiger partial charge in [0.15, 0.2) is 0 Å². The van der Waals surface area contributed by atoms with Gasteiger partial charge in [0.2, 0.25) is 5.71 Å². The summed E-state index contributed by atoms with van der Waals surface area (Å²) in [6.45, 7) is 0.684. The molecule has 172 valence electrons. The molecular formula is C27H25N3O4. The predicted octanol–water partition coefficient (Wildman–Crippen LogP) is 5.38. The van der Waals surface area contributed by atoms with Crippen LogP contribution in [0.2, 0.25) is 0 Å². The number of nitrogens with one attached hydrogen (secondary N) is 1. The third kappa shape index (κ3) is 3.48. The van der Waals surface area contributed by atoms with Crippen molar-refractivity contribution in [3.05, 3.63) is 76.8 Å². The average molecular weight is 456 g/mol. The number of aromatic nitrogens is 2. The Kier molecular flexibility index (Phi) is 4.79. The molecule has 2 N–H and O–H groups in total. The van der Waals surface area contributed by atoms with Gasteiger partial charge in [0.05, 0.1) is 5.54 Å². The molecule has 2 aromatic heterocycles. The summed E-state index contributed by atoms with van der Waals surface area (Å²) >= 11 is 0. The van der Waals surface area contributed by atoms with E-state index in [1.807, 2.05) is 54.6 Å². The first kappa shape index (κ1) is 20.7. The Morgan fingerprint density at radius 1 is 1.09 bits per heavy atom. The number of hydrogen-bond donors (Lipinski definition) is 2. The summed E-state index contributed by atoms with van der Waals surface area (Å²) in [4.78, 5) is 29.3. The van der Waals surface area contributed by atoms with Crippen LogP contribution >= 0.6 is 0 Å². The SMILES string of the molecule is O=C(O)NC1(c2ccc(-c3oc4ncn(CC5CC5)c(=O)c4c3-c3ccccc3)cc2)CCC1.